The fourth-order valence-electron chi connectivity index (χ4n) is 3.20. The largest absolute Gasteiger partial charge is 0.409 e. The number of carbonyl (C=O) groups is 2. The molecular weight excluding hydrogens is 427 g/mol. The zero-order valence-electron chi connectivity index (χ0n) is 15.5. The number of nitrogens with one attached hydrogen (secondary N) is 1. The molecule has 1 unspecified atom stereocenters. The Balaban J connectivity index is 1.91. The molecule has 0 radical (unpaired) electrons. The quantitative estimate of drug-likeness (QED) is 0.735. The number of fused-ring (bicyclic) bond motifs is 1. The minimum Gasteiger partial charge on any atom is -0.324 e. The Morgan fingerprint density at radius 3 is 2.66 bits per heavy atom. The van der Waals surface area contributed by atoms with Gasteiger partial charge in [0.05, 0.1) is 28.7 Å². The first-order chi connectivity index (χ1) is 13.7. The number of alkyl halides is 3. The van der Waals surface area contributed by atoms with Crippen molar-refractivity contribution in [1.29, 1.82) is 0 Å². The predicted molar refractivity (Wildman–Crippen MR) is 107 cm³/mol. The molecule has 29 heavy (non-hydrogen) atoms. The molecule has 0 aliphatic carbocycles. The molecular formula is C19H19ClF3N3O2S. The van der Waals surface area contributed by atoms with Crippen LogP contribution in [-0.2, 0) is 16.1 Å². The monoisotopic (exact) mass is 445 g/mol. The average Bonchev–Trinajstić information content (AvgIpc) is 2.98. The minimum absolute atomic E-state index is 0.0425. The number of benzene rings is 1. The molecule has 0 spiro atoms. The maximum atomic E-state index is 13.8. The SMILES string of the molecule is CCN(CC(=O)N1c2ccccc2NC(=O)CC1C(F)(F)F)Cc1ccc(Cl)s1. The minimum atomic E-state index is -4.75. The van der Waals surface area contributed by atoms with Crippen molar-refractivity contribution in [2.75, 3.05) is 23.3 Å². The Hall–Kier alpha value is -2.10. The first kappa shape index (κ1) is 21.6. The summed E-state index contributed by atoms with van der Waals surface area (Å²) in [7, 11) is 0. The van der Waals surface area contributed by atoms with Crippen LogP contribution >= 0.6 is 22.9 Å². The molecule has 10 heteroatoms. The molecule has 0 fully saturated rings. The van der Waals surface area contributed by atoms with Gasteiger partial charge in [-0.1, -0.05) is 30.7 Å². The lowest BCUT2D eigenvalue weighted by Crippen LogP contribution is -2.52. The molecule has 1 atom stereocenters. The average molecular weight is 446 g/mol. The summed E-state index contributed by atoms with van der Waals surface area (Å²) in [6, 6.07) is 7.35. The van der Waals surface area contributed by atoms with E-state index in [0.29, 0.717) is 22.3 Å². The van der Waals surface area contributed by atoms with E-state index < -0.39 is 30.5 Å². The highest BCUT2D eigenvalue weighted by Crippen LogP contribution is 2.37. The first-order valence-electron chi connectivity index (χ1n) is 8.93. The Morgan fingerprint density at radius 1 is 1.31 bits per heavy atom. The molecule has 2 amide bonds. The van der Waals surface area contributed by atoms with E-state index in [1.54, 1.807) is 17.0 Å². The van der Waals surface area contributed by atoms with Gasteiger partial charge in [0, 0.05) is 11.4 Å². The lowest BCUT2D eigenvalue weighted by Gasteiger charge is -2.33. The number of amides is 2. The van der Waals surface area contributed by atoms with Gasteiger partial charge < -0.3 is 5.32 Å². The van der Waals surface area contributed by atoms with Gasteiger partial charge in [0.25, 0.3) is 0 Å². The van der Waals surface area contributed by atoms with Gasteiger partial charge >= 0.3 is 6.18 Å². The maximum Gasteiger partial charge on any atom is 0.409 e. The summed E-state index contributed by atoms with van der Waals surface area (Å²) < 4.78 is 41.9. The van der Waals surface area contributed by atoms with E-state index >= 15 is 0 Å². The van der Waals surface area contributed by atoms with Gasteiger partial charge in [-0.25, -0.2) is 0 Å². The summed E-state index contributed by atoms with van der Waals surface area (Å²) >= 11 is 7.29. The zero-order chi connectivity index (χ0) is 21.2. The zero-order valence-corrected chi connectivity index (χ0v) is 17.1. The summed E-state index contributed by atoms with van der Waals surface area (Å²) in [5.74, 6) is -1.50. The smallest absolute Gasteiger partial charge is 0.324 e. The van der Waals surface area contributed by atoms with Gasteiger partial charge in [-0.05, 0) is 30.8 Å². The maximum absolute atomic E-state index is 13.8. The van der Waals surface area contributed by atoms with Crippen LogP contribution in [-0.4, -0.2) is 42.0 Å². The molecule has 2 aromatic rings. The number of anilines is 2. The lowest BCUT2D eigenvalue weighted by atomic mass is 10.1. The van der Waals surface area contributed by atoms with Crippen molar-refractivity contribution in [3.63, 3.8) is 0 Å². The molecule has 2 heterocycles. The second kappa shape index (κ2) is 8.73. The van der Waals surface area contributed by atoms with Crippen LogP contribution in [0.15, 0.2) is 36.4 Å². The normalized spacial score (nSPS) is 17.1. The van der Waals surface area contributed by atoms with Gasteiger partial charge in [0.2, 0.25) is 11.8 Å². The second-order valence-electron chi connectivity index (χ2n) is 6.60. The van der Waals surface area contributed by atoms with Gasteiger partial charge in [0.15, 0.2) is 0 Å². The number of thiophene rings is 1. The highest BCUT2D eigenvalue weighted by molar-refractivity contribution is 7.16. The molecule has 3 rings (SSSR count). The number of hydrogen-bond donors (Lipinski definition) is 1. The van der Waals surface area contributed by atoms with Crippen molar-refractivity contribution in [2.24, 2.45) is 0 Å². The Bertz CT molecular complexity index is 903. The van der Waals surface area contributed by atoms with Crippen LogP contribution in [0.2, 0.25) is 4.34 Å². The molecule has 5 nitrogen and oxygen atoms in total. The van der Waals surface area contributed by atoms with E-state index in [4.69, 9.17) is 11.6 Å². The van der Waals surface area contributed by atoms with Gasteiger partial charge in [0.1, 0.15) is 6.04 Å². The van der Waals surface area contributed by atoms with Crippen molar-refractivity contribution in [1.82, 2.24) is 4.90 Å². The standard InChI is InChI=1S/C19H19ClF3N3O2S/c1-2-25(10-12-7-8-16(20)29-12)11-18(28)26-14-6-4-3-5-13(14)24-17(27)9-15(26)19(21,22)23/h3-8,15H,2,9-11H2,1H3,(H,24,27). The number of nitrogens with zero attached hydrogens (tertiary/aromatic N) is 2. The Kier molecular flexibility index (Phi) is 6.50. The molecule has 156 valence electrons. The summed E-state index contributed by atoms with van der Waals surface area (Å²) in [4.78, 5) is 28.4. The van der Waals surface area contributed by atoms with Crippen LogP contribution in [0.25, 0.3) is 0 Å². The first-order valence-corrected chi connectivity index (χ1v) is 10.1. The van der Waals surface area contributed by atoms with Gasteiger partial charge in [-0.3, -0.25) is 19.4 Å². The van der Waals surface area contributed by atoms with Crippen LogP contribution in [0.5, 0.6) is 0 Å². The van der Waals surface area contributed by atoms with Crippen molar-refractivity contribution >= 4 is 46.1 Å². The number of likely N-dealkylation sites (N-methyl/N-ethyl adjacent to an activating group) is 1. The number of para-hydroxylation sites is 2. The third-order valence-corrected chi connectivity index (χ3v) is 5.80. The molecule has 1 aliphatic rings. The number of carbonyl (C=O) groups excluding carboxylic acids is 2. The summed E-state index contributed by atoms with van der Waals surface area (Å²) in [6.45, 7) is 2.46. The van der Waals surface area contributed by atoms with Crippen molar-refractivity contribution in [2.45, 2.75) is 32.1 Å². The van der Waals surface area contributed by atoms with Crippen molar-refractivity contribution in [3.8, 4) is 0 Å². The lowest BCUT2D eigenvalue weighted by molar-refractivity contribution is -0.158. The van der Waals surface area contributed by atoms with E-state index in [2.05, 4.69) is 5.32 Å². The van der Waals surface area contributed by atoms with Gasteiger partial charge in [-0.15, -0.1) is 11.3 Å². The molecule has 0 bridgehead atoms. The number of rotatable bonds is 5. The molecule has 1 N–H and O–H groups in total. The number of hydrogen-bond acceptors (Lipinski definition) is 4. The topological polar surface area (TPSA) is 52.7 Å². The van der Waals surface area contributed by atoms with E-state index in [1.807, 2.05) is 13.0 Å². The summed E-state index contributed by atoms with van der Waals surface area (Å²) in [5.41, 5.74) is 0.228. The third-order valence-electron chi connectivity index (χ3n) is 4.59. The third kappa shape index (κ3) is 5.09. The molecule has 1 aromatic heterocycles. The highest BCUT2D eigenvalue weighted by atomic mass is 35.5. The van der Waals surface area contributed by atoms with E-state index in [9.17, 15) is 22.8 Å². The number of halogens is 4. The molecule has 1 aliphatic heterocycles. The van der Waals surface area contributed by atoms with Crippen molar-refractivity contribution < 1.29 is 22.8 Å². The van der Waals surface area contributed by atoms with E-state index in [-0.39, 0.29) is 17.9 Å². The van der Waals surface area contributed by atoms with Crippen LogP contribution in [0.3, 0.4) is 0 Å². The summed E-state index contributed by atoms with van der Waals surface area (Å²) in [5, 5.41) is 2.46. The molecule has 1 aromatic carbocycles. The summed E-state index contributed by atoms with van der Waals surface area (Å²) in [6.07, 6.45) is -5.60. The highest BCUT2D eigenvalue weighted by Gasteiger charge is 2.49. The Morgan fingerprint density at radius 2 is 2.03 bits per heavy atom. The van der Waals surface area contributed by atoms with Crippen LogP contribution < -0.4 is 10.2 Å². The molecule has 0 saturated heterocycles. The fourth-order valence-corrected chi connectivity index (χ4v) is 4.33. The molecule has 0 saturated carbocycles. The van der Waals surface area contributed by atoms with Gasteiger partial charge in [-0.2, -0.15) is 13.2 Å². The van der Waals surface area contributed by atoms with E-state index in [0.717, 1.165) is 4.88 Å². The van der Waals surface area contributed by atoms with Crippen molar-refractivity contribution in [3.05, 3.63) is 45.6 Å². The van der Waals surface area contributed by atoms with Crippen LogP contribution in [0.1, 0.15) is 18.2 Å². The second-order valence-corrected chi connectivity index (χ2v) is 8.40. The predicted octanol–water partition coefficient (Wildman–Crippen LogP) is 4.53. The fraction of sp³-hybridized carbons (Fsp3) is 0.368. The van der Waals surface area contributed by atoms with Crippen LogP contribution in [0.4, 0.5) is 24.5 Å². The van der Waals surface area contributed by atoms with E-state index in [1.165, 1.54) is 29.5 Å². The van der Waals surface area contributed by atoms with Crippen LogP contribution in [0, 0.1) is 0 Å². The Labute approximate surface area is 175 Å².